The Morgan fingerprint density at radius 1 is 1.21 bits per heavy atom. The first kappa shape index (κ1) is 19.2. The van der Waals surface area contributed by atoms with Crippen molar-refractivity contribution in [3.05, 3.63) is 65.0 Å². The Morgan fingerprint density at radius 3 is 2.83 bits per heavy atom. The molecule has 29 heavy (non-hydrogen) atoms. The summed E-state index contributed by atoms with van der Waals surface area (Å²) in [6, 6.07) is 14.0. The average molecular weight is 391 g/mol. The highest BCUT2D eigenvalue weighted by atomic mass is 16.5. The summed E-state index contributed by atoms with van der Waals surface area (Å²) in [5.41, 5.74) is 4.26. The van der Waals surface area contributed by atoms with Crippen molar-refractivity contribution in [1.29, 1.82) is 0 Å². The standard InChI is InChI=1S/C23H25N3O3/c1-4-28-20-8-6-5-7-17(20)13-26-14-18(12-21(26)27)23-24-22(25-29-23)19-10-9-15(2)11-16(19)3/h5-11,18H,4,12-14H2,1-3H3. The predicted octanol–water partition coefficient (Wildman–Crippen LogP) is 4.27. The largest absolute Gasteiger partial charge is 0.494 e. The molecule has 0 N–H and O–H groups in total. The Labute approximate surface area is 170 Å². The topological polar surface area (TPSA) is 68.5 Å². The predicted molar refractivity (Wildman–Crippen MR) is 110 cm³/mol. The fourth-order valence-corrected chi connectivity index (χ4v) is 3.80. The third kappa shape index (κ3) is 4.01. The van der Waals surface area contributed by atoms with Crippen LogP contribution < -0.4 is 4.74 Å². The summed E-state index contributed by atoms with van der Waals surface area (Å²) in [6.45, 7) is 7.72. The van der Waals surface area contributed by atoms with Crippen molar-refractivity contribution in [2.75, 3.05) is 13.2 Å². The molecule has 2 heterocycles. The second-order valence-electron chi connectivity index (χ2n) is 7.49. The van der Waals surface area contributed by atoms with Gasteiger partial charge in [-0.25, -0.2) is 0 Å². The Balaban J connectivity index is 1.49. The van der Waals surface area contributed by atoms with Crippen molar-refractivity contribution in [2.24, 2.45) is 0 Å². The number of ether oxygens (including phenoxy) is 1. The maximum atomic E-state index is 12.6. The van der Waals surface area contributed by atoms with Gasteiger partial charge in [-0.1, -0.05) is 47.1 Å². The molecule has 0 aliphatic carbocycles. The smallest absolute Gasteiger partial charge is 0.232 e. The number of aromatic nitrogens is 2. The Bertz CT molecular complexity index is 1030. The van der Waals surface area contributed by atoms with Crippen LogP contribution in [0.3, 0.4) is 0 Å². The highest BCUT2D eigenvalue weighted by molar-refractivity contribution is 5.79. The quantitative estimate of drug-likeness (QED) is 0.628. The number of para-hydroxylation sites is 1. The summed E-state index contributed by atoms with van der Waals surface area (Å²) in [5.74, 6) is 1.92. The van der Waals surface area contributed by atoms with Crippen LogP contribution in [0.25, 0.3) is 11.4 Å². The van der Waals surface area contributed by atoms with Crippen LogP contribution in [0.1, 0.15) is 41.8 Å². The lowest BCUT2D eigenvalue weighted by Crippen LogP contribution is -2.24. The highest BCUT2D eigenvalue weighted by Gasteiger charge is 2.34. The molecule has 0 bridgehead atoms. The molecule has 6 nitrogen and oxygen atoms in total. The molecular formula is C23H25N3O3. The number of hydrogen-bond donors (Lipinski definition) is 0. The van der Waals surface area contributed by atoms with Crippen LogP contribution in [0.5, 0.6) is 5.75 Å². The third-order valence-corrected chi connectivity index (χ3v) is 5.26. The lowest BCUT2D eigenvalue weighted by atomic mass is 10.1. The normalized spacial score (nSPS) is 16.4. The number of hydrogen-bond acceptors (Lipinski definition) is 5. The van der Waals surface area contributed by atoms with E-state index in [0.29, 0.717) is 37.8 Å². The highest BCUT2D eigenvalue weighted by Crippen LogP contribution is 2.31. The molecular weight excluding hydrogens is 366 g/mol. The summed E-state index contributed by atoms with van der Waals surface area (Å²) in [6.07, 6.45) is 0.380. The van der Waals surface area contributed by atoms with Crippen LogP contribution in [0.2, 0.25) is 0 Å². The first-order valence-corrected chi connectivity index (χ1v) is 9.95. The zero-order valence-electron chi connectivity index (χ0n) is 17.0. The van der Waals surface area contributed by atoms with E-state index >= 15 is 0 Å². The molecule has 3 aromatic rings. The Morgan fingerprint density at radius 2 is 2.03 bits per heavy atom. The molecule has 0 radical (unpaired) electrons. The number of amides is 1. The zero-order chi connectivity index (χ0) is 20.4. The number of benzene rings is 2. The second-order valence-corrected chi connectivity index (χ2v) is 7.49. The summed E-state index contributed by atoms with van der Waals surface area (Å²) in [4.78, 5) is 19.0. The molecule has 0 spiro atoms. The van der Waals surface area contributed by atoms with E-state index < -0.39 is 0 Å². The average Bonchev–Trinajstić information content (AvgIpc) is 3.31. The van der Waals surface area contributed by atoms with E-state index in [0.717, 1.165) is 22.4 Å². The number of rotatable bonds is 6. The molecule has 1 aromatic heterocycles. The lowest BCUT2D eigenvalue weighted by molar-refractivity contribution is -0.128. The van der Waals surface area contributed by atoms with Crippen LogP contribution in [-0.2, 0) is 11.3 Å². The van der Waals surface area contributed by atoms with Crippen molar-refractivity contribution in [1.82, 2.24) is 15.0 Å². The van der Waals surface area contributed by atoms with Gasteiger partial charge < -0.3 is 14.2 Å². The van der Waals surface area contributed by atoms with Gasteiger partial charge in [0.2, 0.25) is 17.6 Å². The van der Waals surface area contributed by atoms with Crippen LogP contribution in [0.4, 0.5) is 0 Å². The monoisotopic (exact) mass is 391 g/mol. The summed E-state index contributed by atoms with van der Waals surface area (Å²) in [5, 5.41) is 4.16. The summed E-state index contributed by atoms with van der Waals surface area (Å²) >= 11 is 0. The number of carbonyl (C=O) groups is 1. The maximum absolute atomic E-state index is 12.6. The Kier molecular flexibility index (Phi) is 5.34. The van der Waals surface area contributed by atoms with Gasteiger partial charge in [0.1, 0.15) is 5.75 Å². The molecule has 6 heteroatoms. The summed E-state index contributed by atoms with van der Waals surface area (Å²) < 4.78 is 11.2. The SMILES string of the molecule is CCOc1ccccc1CN1CC(c2nc(-c3ccc(C)cc3C)no2)CC1=O. The molecule has 1 aliphatic heterocycles. The molecule has 0 saturated carbocycles. The van der Waals surface area contributed by atoms with E-state index in [1.807, 2.05) is 55.1 Å². The van der Waals surface area contributed by atoms with Gasteiger partial charge >= 0.3 is 0 Å². The van der Waals surface area contributed by atoms with E-state index in [1.54, 1.807) is 0 Å². The van der Waals surface area contributed by atoms with Crippen molar-refractivity contribution in [2.45, 2.75) is 39.7 Å². The van der Waals surface area contributed by atoms with Crippen LogP contribution in [0, 0.1) is 13.8 Å². The van der Waals surface area contributed by atoms with Gasteiger partial charge in [0.15, 0.2) is 0 Å². The van der Waals surface area contributed by atoms with E-state index in [1.165, 1.54) is 5.56 Å². The van der Waals surface area contributed by atoms with Gasteiger partial charge in [-0.05, 0) is 32.4 Å². The molecule has 1 saturated heterocycles. The number of aryl methyl sites for hydroxylation is 2. The third-order valence-electron chi connectivity index (χ3n) is 5.26. The van der Waals surface area contributed by atoms with Gasteiger partial charge in [0.05, 0.1) is 12.5 Å². The molecule has 1 fully saturated rings. The lowest BCUT2D eigenvalue weighted by Gasteiger charge is -2.18. The van der Waals surface area contributed by atoms with Crippen molar-refractivity contribution in [3.8, 4) is 17.1 Å². The first-order chi connectivity index (χ1) is 14.0. The van der Waals surface area contributed by atoms with E-state index in [-0.39, 0.29) is 11.8 Å². The van der Waals surface area contributed by atoms with Gasteiger partial charge in [-0.15, -0.1) is 0 Å². The summed E-state index contributed by atoms with van der Waals surface area (Å²) in [7, 11) is 0. The molecule has 2 aromatic carbocycles. The van der Waals surface area contributed by atoms with Gasteiger partial charge in [-0.2, -0.15) is 4.98 Å². The van der Waals surface area contributed by atoms with Gasteiger partial charge in [-0.3, -0.25) is 4.79 Å². The van der Waals surface area contributed by atoms with Crippen LogP contribution >= 0.6 is 0 Å². The van der Waals surface area contributed by atoms with E-state index in [2.05, 4.69) is 23.1 Å². The van der Waals surface area contributed by atoms with E-state index in [4.69, 9.17) is 9.26 Å². The van der Waals surface area contributed by atoms with Crippen LogP contribution in [-0.4, -0.2) is 34.1 Å². The zero-order valence-corrected chi connectivity index (χ0v) is 17.0. The number of carbonyl (C=O) groups excluding carboxylic acids is 1. The maximum Gasteiger partial charge on any atom is 0.232 e. The minimum Gasteiger partial charge on any atom is -0.494 e. The fourth-order valence-electron chi connectivity index (χ4n) is 3.80. The van der Waals surface area contributed by atoms with Gasteiger partial charge in [0, 0.05) is 30.6 Å². The minimum absolute atomic E-state index is 0.0891. The molecule has 4 rings (SSSR count). The Hall–Kier alpha value is -3.15. The molecule has 1 unspecified atom stereocenters. The van der Waals surface area contributed by atoms with E-state index in [9.17, 15) is 4.79 Å². The van der Waals surface area contributed by atoms with Crippen molar-refractivity contribution >= 4 is 5.91 Å². The van der Waals surface area contributed by atoms with Gasteiger partial charge in [0.25, 0.3) is 0 Å². The van der Waals surface area contributed by atoms with Crippen LogP contribution in [0.15, 0.2) is 47.0 Å². The molecule has 1 atom stereocenters. The fraction of sp³-hybridized carbons (Fsp3) is 0.348. The molecule has 1 amide bonds. The van der Waals surface area contributed by atoms with Crippen molar-refractivity contribution < 1.29 is 14.1 Å². The first-order valence-electron chi connectivity index (χ1n) is 9.95. The molecule has 1 aliphatic rings. The molecule has 150 valence electrons. The number of nitrogens with zero attached hydrogens (tertiary/aromatic N) is 3. The minimum atomic E-state index is -0.0891. The van der Waals surface area contributed by atoms with Crippen molar-refractivity contribution in [3.63, 3.8) is 0 Å². The second kappa shape index (κ2) is 8.07. The number of likely N-dealkylation sites (tertiary alicyclic amines) is 1.